The van der Waals surface area contributed by atoms with Crippen molar-refractivity contribution in [1.82, 2.24) is 19.4 Å². The van der Waals surface area contributed by atoms with E-state index in [9.17, 15) is 31.9 Å². The summed E-state index contributed by atoms with van der Waals surface area (Å²) in [5.74, 6) is -2.40. The summed E-state index contributed by atoms with van der Waals surface area (Å²) in [5, 5.41) is 3.15. The molecule has 0 spiro atoms. The molecule has 9 nitrogen and oxygen atoms in total. The summed E-state index contributed by atoms with van der Waals surface area (Å²) < 4.78 is 75.7. The van der Waals surface area contributed by atoms with E-state index in [1.807, 2.05) is 0 Å². The second kappa shape index (κ2) is 13.3. The maximum atomic E-state index is 15.5. The van der Waals surface area contributed by atoms with Gasteiger partial charge in [-0.15, -0.1) is 0 Å². The van der Waals surface area contributed by atoms with Crippen LogP contribution in [0, 0.1) is 5.82 Å². The number of benzene rings is 3. The minimum atomic E-state index is -4.63. The SMILES string of the molecule is CC(=O)c1cn(CC(=O)N2CC(F)CC2C(=O)Nc2cccc(-c3ccccc3Cl)c2F)c2ccc(Oc3ncc(C(F)(F)F)cn3)cc12. The molecule has 252 valence electrons. The lowest BCUT2D eigenvalue weighted by atomic mass is 10.0. The van der Waals surface area contributed by atoms with Gasteiger partial charge in [-0.05, 0) is 37.3 Å². The quantitative estimate of drug-likeness (QED) is 0.133. The number of hydrogen-bond acceptors (Lipinski definition) is 6. The molecular weight excluding hydrogens is 673 g/mol. The van der Waals surface area contributed by atoms with Crippen molar-refractivity contribution < 1.29 is 41.1 Å². The third kappa shape index (κ3) is 6.95. The van der Waals surface area contributed by atoms with E-state index in [0.717, 1.165) is 4.90 Å². The molecule has 1 aliphatic rings. The molecule has 2 atom stereocenters. The Balaban J connectivity index is 1.21. The van der Waals surface area contributed by atoms with E-state index in [1.165, 1.54) is 54.1 Å². The van der Waals surface area contributed by atoms with Crippen LogP contribution in [0.25, 0.3) is 22.0 Å². The molecule has 1 saturated heterocycles. The monoisotopic (exact) mass is 697 g/mol. The Bertz CT molecular complexity index is 2090. The summed E-state index contributed by atoms with van der Waals surface area (Å²) in [6, 6.07) is 13.8. The molecule has 3 heterocycles. The Morgan fingerprint density at radius 1 is 1.02 bits per heavy atom. The van der Waals surface area contributed by atoms with Crippen LogP contribution in [0.5, 0.6) is 11.8 Å². The molecule has 2 amide bonds. The molecule has 0 bridgehead atoms. The van der Waals surface area contributed by atoms with Gasteiger partial charge in [-0.1, -0.05) is 41.9 Å². The predicted octanol–water partition coefficient (Wildman–Crippen LogP) is 7.48. The van der Waals surface area contributed by atoms with Gasteiger partial charge >= 0.3 is 12.2 Å². The number of anilines is 1. The van der Waals surface area contributed by atoms with Gasteiger partial charge in [0.25, 0.3) is 0 Å². The molecule has 1 fully saturated rings. The zero-order valence-corrected chi connectivity index (χ0v) is 26.2. The lowest BCUT2D eigenvalue weighted by Crippen LogP contribution is -2.44. The van der Waals surface area contributed by atoms with Gasteiger partial charge < -0.3 is 19.5 Å². The molecule has 6 rings (SSSR count). The maximum absolute atomic E-state index is 15.5. The number of carbonyl (C=O) groups is 3. The number of aromatic nitrogens is 3. The third-order valence-electron chi connectivity index (χ3n) is 8.00. The standard InChI is InChI=1S/C34H25ClF5N5O4/c1-18(46)25-16-44(28-10-9-21(12-24(25)28)49-33-41-13-19(14-42-33)34(38,39)40)17-30(47)45-15-20(36)11-29(45)32(48)43-27-8-4-6-23(31(27)37)22-5-2-3-7-26(22)35/h2-10,12-14,16,20,29H,11,15,17H2,1H3,(H,43,48). The van der Waals surface area contributed by atoms with Gasteiger partial charge in [0.15, 0.2) is 11.6 Å². The van der Waals surface area contributed by atoms with Crippen molar-refractivity contribution in [2.24, 2.45) is 0 Å². The van der Waals surface area contributed by atoms with Gasteiger partial charge in [0, 0.05) is 57.6 Å². The highest BCUT2D eigenvalue weighted by molar-refractivity contribution is 6.33. The van der Waals surface area contributed by atoms with Gasteiger partial charge in [-0.25, -0.2) is 18.7 Å². The number of amides is 2. The number of carbonyl (C=O) groups excluding carboxylic acids is 3. The van der Waals surface area contributed by atoms with Crippen molar-refractivity contribution in [3.05, 3.63) is 101 Å². The van der Waals surface area contributed by atoms with Crippen LogP contribution in [0.15, 0.2) is 79.3 Å². The number of ether oxygens (including phenoxy) is 1. The van der Waals surface area contributed by atoms with E-state index in [4.69, 9.17) is 16.3 Å². The fraction of sp³-hybridized carbons (Fsp3) is 0.206. The van der Waals surface area contributed by atoms with Crippen LogP contribution in [0.4, 0.5) is 27.6 Å². The zero-order chi connectivity index (χ0) is 35.0. The van der Waals surface area contributed by atoms with E-state index in [2.05, 4.69) is 15.3 Å². The first-order chi connectivity index (χ1) is 23.3. The van der Waals surface area contributed by atoms with Gasteiger partial charge in [-0.2, -0.15) is 13.2 Å². The average molecular weight is 698 g/mol. The van der Waals surface area contributed by atoms with Crippen molar-refractivity contribution in [2.45, 2.75) is 38.3 Å². The van der Waals surface area contributed by atoms with Gasteiger partial charge in [-0.3, -0.25) is 14.4 Å². The van der Waals surface area contributed by atoms with Crippen LogP contribution in [0.3, 0.4) is 0 Å². The highest BCUT2D eigenvalue weighted by atomic mass is 35.5. The number of rotatable bonds is 8. The van der Waals surface area contributed by atoms with E-state index in [-0.39, 0.29) is 53.9 Å². The summed E-state index contributed by atoms with van der Waals surface area (Å²) >= 11 is 6.24. The average Bonchev–Trinajstić information content (AvgIpc) is 3.63. The number of alkyl halides is 4. The Hall–Kier alpha value is -5.37. The summed E-state index contributed by atoms with van der Waals surface area (Å²) in [4.78, 5) is 47.7. The van der Waals surface area contributed by atoms with Crippen molar-refractivity contribution in [3.63, 3.8) is 0 Å². The van der Waals surface area contributed by atoms with E-state index >= 15 is 4.39 Å². The van der Waals surface area contributed by atoms with Crippen molar-refractivity contribution in [1.29, 1.82) is 0 Å². The molecule has 15 heteroatoms. The summed E-state index contributed by atoms with van der Waals surface area (Å²) in [5.41, 5.74) is -0.0480. The Morgan fingerprint density at radius 2 is 1.73 bits per heavy atom. The molecule has 49 heavy (non-hydrogen) atoms. The molecule has 3 aromatic carbocycles. The first-order valence-corrected chi connectivity index (χ1v) is 15.2. The summed E-state index contributed by atoms with van der Waals surface area (Å²) in [6.07, 6.45) is -3.86. The minimum Gasteiger partial charge on any atom is -0.424 e. The second-order valence-corrected chi connectivity index (χ2v) is 11.7. The van der Waals surface area contributed by atoms with Crippen LogP contribution < -0.4 is 10.1 Å². The lowest BCUT2D eigenvalue weighted by Gasteiger charge is -2.24. The fourth-order valence-corrected chi connectivity index (χ4v) is 5.89. The molecule has 0 aliphatic carbocycles. The lowest BCUT2D eigenvalue weighted by molar-refractivity contribution is -0.138. The van der Waals surface area contributed by atoms with E-state index < -0.39 is 41.6 Å². The molecule has 2 unspecified atom stereocenters. The molecule has 0 saturated carbocycles. The molecular formula is C34H25ClF5N5O4. The van der Waals surface area contributed by atoms with Crippen LogP contribution in [0.1, 0.15) is 29.3 Å². The number of ketones is 1. The van der Waals surface area contributed by atoms with Crippen LogP contribution in [0.2, 0.25) is 5.02 Å². The largest absolute Gasteiger partial charge is 0.424 e. The van der Waals surface area contributed by atoms with Crippen molar-refractivity contribution in [3.8, 4) is 22.9 Å². The maximum Gasteiger partial charge on any atom is 0.419 e. The number of Topliss-reactive ketones (excluding diaryl/α,β-unsaturated/α-hetero) is 1. The van der Waals surface area contributed by atoms with Gasteiger partial charge in [0.05, 0.1) is 17.8 Å². The number of fused-ring (bicyclic) bond motifs is 1. The highest BCUT2D eigenvalue weighted by Gasteiger charge is 2.40. The summed E-state index contributed by atoms with van der Waals surface area (Å²) in [6.45, 7) is 0.559. The number of halogens is 6. The number of nitrogens with zero attached hydrogens (tertiary/aromatic N) is 4. The van der Waals surface area contributed by atoms with Crippen molar-refractivity contribution >= 4 is 45.8 Å². The topological polar surface area (TPSA) is 106 Å². The predicted molar refractivity (Wildman–Crippen MR) is 170 cm³/mol. The van der Waals surface area contributed by atoms with E-state index in [1.54, 1.807) is 24.3 Å². The van der Waals surface area contributed by atoms with Crippen LogP contribution in [-0.4, -0.2) is 55.8 Å². The third-order valence-corrected chi connectivity index (χ3v) is 8.33. The first kappa shape index (κ1) is 33.5. The first-order valence-electron chi connectivity index (χ1n) is 14.8. The second-order valence-electron chi connectivity index (χ2n) is 11.3. The normalized spacial score (nSPS) is 16.2. The molecule has 0 radical (unpaired) electrons. The molecule has 1 aliphatic heterocycles. The number of nitrogens with one attached hydrogen (secondary N) is 1. The van der Waals surface area contributed by atoms with E-state index in [0.29, 0.717) is 33.9 Å². The molecule has 5 aromatic rings. The number of likely N-dealkylation sites (tertiary alicyclic amines) is 1. The Morgan fingerprint density at radius 3 is 2.43 bits per heavy atom. The van der Waals surface area contributed by atoms with Gasteiger partial charge in [0.2, 0.25) is 11.8 Å². The zero-order valence-electron chi connectivity index (χ0n) is 25.5. The summed E-state index contributed by atoms with van der Waals surface area (Å²) in [7, 11) is 0. The Labute approximate surface area is 280 Å². The molecule has 1 N–H and O–H groups in total. The van der Waals surface area contributed by atoms with Crippen LogP contribution >= 0.6 is 11.6 Å². The van der Waals surface area contributed by atoms with Crippen molar-refractivity contribution in [2.75, 3.05) is 11.9 Å². The molecule has 2 aromatic heterocycles. The van der Waals surface area contributed by atoms with Crippen LogP contribution in [-0.2, 0) is 22.3 Å². The minimum absolute atomic E-state index is 0.112. The Kier molecular flexibility index (Phi) is 9.08. The number of hydrogen-bond donors (Lipinski definition) is 1. The fourth-order valence-electron chi connectivity index (χ4n) is 5.65. The smallest absolute Gasteiger partial charge is 0.419 e. The van der Waals surface area contributed by atoms with Gasteiger partial charge in [0.1, 0.15) is 24.5 Å². The highest BCUT2D eigenvalue weighted by Crippen LogP contribution is 2.34.